The first-order valence-corrected chi connectivity index (χ1v) is 13.6. The van der Waals surface area contributed by atoms with Gasteiger partial charge in [0, 0.05) is 11.0 Å². The normalized spacial score (nSPS) is 15.6. The van der Waals surface area contributed by atoms with E-state index in [1.807, 2.05) is 50.2 Å². The van der Waals surface area contributed by atoms with Gasteiger partial charge in [-0.25, -0.2) is 0 Å². The van der Waals surface area contributed by atoms with Gasteiger partial charge in [-0.15, -0.1) is 0 Å². The number of nitrogens with zero attached hydrogens (tertiary/aromatic N) is 1. The fourth-order valence-corrected chi connectivity index (χ4v) is 5.39. The second kappa shape index (κ2) is 10.3. The number of halogens is 1. The summed E-state index contributed by atoms with van der Waals surface area (Å²) in [7, 11) is 0. The first-order valence-electron chi connectivity index (χ1n) is 12.8. The van der Waals surface area contributed by atoms with E-state index in [-0.39, 0.29) is 30.4 Å². The van der Waals surface area contributed by atoms with Crippen LogP contribution >= 0.6 is 15.9 Å². The summed E-state index contributed by atoms with van der Waals surface area (Å²) < 4.78 is 29.6. The summed E-state index contributed by atoms with van der Waals surface area (Å²) in [6, 6.07) is 15.6. The summed E-state index contributed by atoms with van der Waals surface area (Å²) >= 11 is 3.44. The van der Waals surface area contributed by atoms with Crippen LogP contribution < -0.4 is 24.4 Å². The summed E-state index contributed by atoms with van der Waals surface area (Å²) in [5, 5.41) is 0.402. The van der Waals surface area contributed by atoms with E-state index in [4.69, 9.17) is 23.4 Å². The van der Waals surface area contributed by atoms with E-state index in [0.29, 0.717) is 52.7 Å². The van der Waals surface area contributed by atoms with Crippen LogP contribution in [0, 0.1) is 0 Å². The Morgan fingerprint density at radius 3 is 2.62 bits per heavy atom. The Morgan fingerprint density at radius 1 is 0.949 bits per heavy atom. The number of amides is 1. The van der Waals surface area contributed by atoms with Crippen molar-refractivity contribution in [1.82, 2.24) is 4.90 Å². The van der Waals surface area contributed by atoms with Crippen molar-refractivity contribution in [3.63, 3.8) is 0 Å². The Kier molecular flexibility index (Phi) is 6.68. The van der Waals surface area contributed by atoms with Crippen molar-refractivity contribution in [2.24, 2.45) is 0 Å². The lowest BCUT2D eigenvalue weighted by molar-refractivity contribution is 0.0714. The Hall–Kier alpha value is -3.98. The third-order valence-electron chi connectivity index (χ3n) is 6.76. The van der Waals surface area contributed by atoms with Crippen LogP contribution in [-0.2, 0) is 6.54 Å². The molecular weight excluding hydrogens is 566 g/mol. The van der Waals surface area contributed by atoms with Gasteiger partial charge in [0.1, 0.15) is 5.58 Å². The quantitative estimate of drug-likeness (QED) is 0.240. The Labute approximate surface area is 233 Å². The number of hydrogen-bond acceptors (Lipinski definition) is 7. The predicted octanol–water partition coefficient (Wildman–Crippen LogP) is 6.22. The van der Waals surface area contributed by atoms with E-state index in [1.165, 1.54) is 0 Å². The average molecular weight is 592 g/mol. The molecule has 8 nitrogen and oxygen atoms in total. The van der Waals surface area contributed by atoms with Gasteiger partial charge in [0.2, 0.25) is 12.6 Å². The van der Waals surface area contributed by atoms with E-state index in [9.17, 15) is 9.59 Å². The van der Waals surface area contributed by atoms with Gasteiger partial charge in [-0.1, -0.05) is 35.0 Å². The lowest BCUT2D eigenvalue weighted by Crippen LogP contribution is -2.29. The highest BCUT2D eigenvalue weighted by Crippen LogP contribution is 2.43. The minimum atomic E-state index is -0.697. The fourth-order valence-electron chi connectivity index (χ4n) is 5.03. The van der Waals surface area contributed by atoms with Crippen LogP contribution in [0.25, 0.3) is 11.0 Å². The number of benzene rings is 3. The van der Waals surface area contributed by atoms with E-state index in [2.05, 4.69) is 15.9 Å². The summed E-state index contributed by atoms with van der Waals surface area (Å²) in [5.41, 5.74) is 1.96. The van der Waals surface area contributed by atoms with Gasteiger partial charge in [0.15, 0.2) is 28.4 Å². The number of carbonyl (C=O) groups excluding carboxylic acids is 1. The molecule has 1 aromatic heterocycles. The van der Waals surface area contributed by atoms with Crippen molar-refractivity contribution in [1.29, 1.82) is 0 Å². The molecule has 3 heterocycles. The standard InChI is InChI=1S/C30H26BrNO7/c1-3-11-36-22-9-6-18(13-25(22)35-4-2)27-26-28(33)20-14-19(31)7-10-21(20)39-29(26)30(34)32(27)15-17-5-8-23-24(12-17)38-16-37-23/h5-10,12-14,27H,3-4,11,15-16H2,1-2H3. The van der Waals surface area contributed by atoms with E-state index in [0.717, 1.165) is 22.0 Å². The van der Waals surface area contributed by atoms with Crippen LogP contribution in [-0.4, -0.2) is 30.8 Å². The van der Waals surface area contributed by atoms with Crippen LogP contribution in [0.4, 0.5) is 0 Å². The molecule has 200 valence electrons. The first-order chi connectivity index (χ1) is 19.0. The molecule has 39 heavy (non-hydrogen) atoms. The molecule has 2 aliphatic rings. The molecule has 3 aromatic carbocycles. The Morgan fingerprint density at radius 2 is 1.79 bits per heavy atom. The molecule has 1 atom stereocenters. The van der Waals surface area contributed by atoms with Crippen LogP contribution in [0.1, 0.15) is 53.6 Å². The van der Waals surface area contributed by atoms with Gasteiger partial charge < -0.3 is 28.3 Å². The second-order valence-electron chi connectivity index (χ2n) is 9.33. The maximum absolute atomic E-state index is 13.9. The number of fused-ring (bicyclic) bond motifs is 3. The largest absolute Gasteiger partial charge is 0.490 e. The lowest BCUT2D eigenvalue weighted by Gasteiger charge is -2.26. The van der Waals surface area contributed by atoms with Gasteiger partial charge in [-0.05, 0) is 66.9 Å². The second-order valence-corrected chi connectivity index (χ2v) is 10.2. The number of hydrogen-bond donors (Lipinski definition) is 0. The summed E-state index contributed by atoms with van der Waals surface area (Å²) in [6.45, 7) is 5.30. The van der Waals surface area contributed by atoms with Crippen LogP contribution in [0.15, 0.2) is 68.3 Å². The smallest absolute Gasteiger partial charge is 0.291 e. The molecule has 4 aromatic rings. The third kappa shape index (κ3) is 4.50. The van der Waals surface area contributed by atoms with Crippen molar-refractivity contribution in [3.05, 3.63) is 91.7 Å². The minimum absolute atomic E-state index is 0.0461. The van der Waals surface area contributed by atoms with Gasteiger partial charge in [-0.2, -0.15) is 0 Å². The van der Waals surface area contributed by atoms with Crippen LogP contribution in [0.2, 0.25) is 0 Å². The summed E-state index contributed by atoms with van der Waals surface area (Å²) in [5.74, 6) is 2.13. The number of rotatable bonds is 8. The molecule has 0 spiro atoms. The highest BCUT2D eigenvalue weighted by atomic mass is 79.9. The van der Waals surface area contributed by atoms with E-state index < -0.39 is 6.04 Å². The van der Waals surface area contributed by atoms with Crippen molar-refractivity contribution in [3.8, 4) is 23.0 Å². The molecule has 1 unspecified atom stereocenters. The maximum atomic E-state index is 13.9. The van der Waals surface area contributed by atoms with Gasteiger partial charge >= 0.3 is 0 Å². The summed E-state index contributed by atoms with van der Waals surface area (Å²) in [6.07, 6.45) is 0.852. The predicted molar refractivity (Wildman–Crippen MR) is 148 cm³/mol. The topological polar surface area (TPSA) is 87.4 Å². The molecule has 0 saturated carbocycles. The molecule has 0 fully saturated rings. The monoisotopic (exact) mass is 591 g/mol. The molecule has 6 rings (SSSR count). The zero-order chi connectivity index (χ0) is 27.1. The molecule has 0 N–H and O–H groups in total. The molecular formula is C30H26BrNO7. The Bertz CT molecular complexity index is 1650. The average Bonchev–Trinajstić information content (AvgIpc) is 3.51. The minimum Gasteiger partial charge on any atom is -0.490 e. The lowest BCUT2D eigenvalue weighted by atomic mass is 9.97. The maximum Gasteiger partial charge on any atom is 0.291 e. The van der Waals surface area contributed by atoms with Crippen molar-refractivity contribution in [2.75, 3.05) is 20.0 Å². The van der Waals surface area contributed by atoms with E-state index >= 15 is 0 Å². The first kappa shape index (κ1) is 25.3. The van der Waals surface area contributed by atoms with Gasteiger partial charge in [0.25, 0.3) is 5.91 Å². The zero-order valence-corrected chi connectivity index (χ0v) is 23.1. The van der Waals surface area contributed by atoms with Gasteiger partial charge in [0.05, 0.1) is 30.2 Å². The zero-order valence-electron chi connectivity index (χ0n) is 21.5. The molecule has 0 aliphatic carbocycles. The number of carbonyl (C=O) groups is 1. The van der Waals surface area contributed by atoms with Crippen LogP contribution in [0.3, 0.4) is 0 Å². The number of ether oxygens (including phenoxy) is 4. The van der Waals surface area contributed by atoms with Crippen molar-refractivity contribution >= 4 is 32.8 Å². The van der Waals surface area contributed by atoms with Crippen molar-refractivity contribution in [2.45, 2.75) is 32.9 Å². The van der Waals surface area contributed by atoms with Crippen LogP contribution in [0.5, 0.6) is 23.0 Å². The highest BCUT2D eigenvalue weighted by molar-refractivity contribution is 9.10. The van der Waals surface area contributed by atoms with Gasteiger partial charge in [-0.3, -0.25) is 9.59 Å². The molecule has 0 bridgehead atoms. The highest BCUT2D eigenvalue weighted by Gasteiger charge is 2.43. The van der Waals surface area contributed by atoms with E-state index in [1.54, 1.807) is 23.1 Å². The van der Waals surface area contributed by atoms with Crippen molar-refractivity contribution < 1.29 is 28.2 Å². The third-order valence-corrected chi connectivity index (χ3v) is 7.26. The Balaban J connectivity index is 1.50. The molecule has 0 saturated heterocycles. The summed E-state index contributed by atoms with van der Waals surface area (Å²) in [4.78, 5) is 29.4. The molecule has 9 heteroatoms. The molecule has 2 aliphatic heterocycles. The molecule has 0 radical (unpaired) electrons. The SMILES string of the molecule is CCCOc1ccc(C2c3c(oc4ccc(Br)cc4c3=O)C(=O)N2Cc2ccc3c(c2)OCO3)cc1OCC. The fraction of sp³-hybridized carbons (Fsp3) is 0.267. The molecule has 1 amide bonds.